The van der Waals surface area contributed by atoms with Crippen LogP contribution in [0.2, 0.25) is 0 Å². The Morgan fingerprint density at radius 2 is 2.00 bits per heavy atom. The minimum Gasteiger partial charge on any atom is -0.507 e. The number of phenolic OH excluding ortho intramolecular Hbond substituents is 1. The SMILES string of the molecule is O=C(CC(=O)c1ccccc1O)c1nccs1. The number of nitrogens with zero attached hydrogens (tertiary/aromatic N) is 1. The standard InChI is InChI=1S/C12H9NO3S/c14-9-4-2-1-3-8(9)10(15)7-11(16)12-13-5-6-17-12/h1-6,14H,7H2. The van der Waals surface area contributed by atoms with Gasteiger partial charge in [-0.25, -0.2) is 4.98 Å². The highest BCUT2D eigenvalue weighted by atomic mass is 32.1. The molecule has 0 atom stereocenters. The largest absolute Gasteiger partial charge is 0.507 e. The Bertz CT molecular complexity index is 549. The summed E-state index contributed by atoms with van der Waals surface area (Å²) < 4.78 is 0. The monoisotopic (exact) mass is 247 g/mol. The molecule has 86 valence electrons. The van der Waals surface area contributed by atoms with E-state index in [1.165, 1.54) is 29.7 Å². The molecule has 0 spiro atoms. The number of Topliss-reactive ketones (excluding diaryl/α,β-unsaturated/α-hetero) is 2. The van der Waals surface area contributed by atoms with Crippen LogP contribution in [0.5, 0.6) is 5.75 Å². The van der Waals surface area contributed by atoms with Crippen LogP contribution in [-0.4, -0.2) is 21.7 Å². The normalized spacial score (nSPS) is 10.1. The van der Waals surface area contributed by atoms with Crippen molar-refractivity contribution < 1.29 is 14.7 Å². The van der Waals surface area contributed by atoms with Crippen LogP contribution >= 0.6 is 11.3 Å². The second-order valence-electron chi connectivity index (χ2n) is 3.38. The second-order valence-corrected chi connectivity index (χ2v) is 4.27. The second kappa shape index (κ2) is 4.88. The lowest BCUT2D eigenvalue weighted by molar-refractivity contribution is 0.0893. The van der Waals surface area contributed by atoms with Gasteiger partial charge in [-0.3, -0.25) is 9.59 Å². The van der Waals surface area contributed by atoms with E-state index < -0.39 is 5.78 Å². The van der Waals surface area contributed by atoms with Crippen molar-refractivity contribution in [2.75, 3.05) is 0 Å². The zero-order chi connectivity index (χ0) is 12.3. The third-order valence-electron chi connectivity index (χ3n) is 2.20. The number of ketones is 2. The number of aromatic hydroxyl groups is 1. The van der Waals surface area contributed by atoms with E-state index in [0.717, 1.165) is 0 Å². The number of rotatable bonds is 4. The fourth-order valence-corrected chi connectivity index (χ4v) is 1.96. The van der Waals surface area contributed by atoms with Crippen LogP contribution in [0.15, 0.2) is 35.8 Å². The predicted octanol–water partition coefficient (Wildman–Crippen LogP) is 2.30. The van der Waals surface area contributed by atoms with Crippen LogP contribution < -0.4 is 0 Å². The molecule has 1 heterocycles. The lowest BCUT2D eigenvalue weighted by atomic mass is 10.1. The molecule has 0 unspecified atom stereocenters. The molecule has 1 aromatic carbocycles. The summed E-state index contributed by atoms with van der Waals surface area (Å²) in [6.07, 6.45) is 1.24. The average Bonchev–Trinajstić information content (AvgIpc) is 2.82. The van der Waals surface area contributed by atoms with Crippen LogP contribution in [0.4, 0.5) is 0 Å². The van der Waals surface area contributed by atoms with Crippen molar-refractivity contribution in [2.24, 2.45) is 0 Å². The number of phenols is 1. The molecule has 0 saturated carbocycles. The maximum absolute atomic E-state index is 11.8. The Morgan fingerprint density at radius 1 is 1.24 bits per heavy atom. The minimum atomic E-state index is -0.400. The van der Waals surface area contributed by atoms with Crippen molar-refractivity contribution in [1.82, 2.24) is 4.98 Å². The molecule has 1 N–H and O–H groups in total. The van der Waals surface area contributed by atoms with Gasteiger partial charge in [-0.15, -0.1) is 11.3 Å². The number of carbonyl (C=O) groups is 2. The number of para-hydroxylation sites is 1. The van der Waals surface area contributed by atoms with Crippen molar-refractivity contribution in [2.45, 2.75) is 6.42 Å². The van der Waals surface area contributed by atoms with Crippen LogP contribution in [0, 0.1) is 0 Å². The van der Waals surface area contributed by atoms with Crippen molar-refractivity contribution in [3.05, 3.63) is 46.4 Å². The predicted molar refractivity (Wildman–Crippen MR) is 63.5 cm³/mol. The number of hydrogen-bond donors (Lipinski definition) is 1. The Labute approximate surface area is 102 Å². The third-order valence-corrected chi connectivity index (χ3v) is 3.01. The molecule has 2 rings (SSSR count). The summed E-state index contributed by atoms with van der Waals surface area (Å²) in [4.78, 5) is 27.3. The van der Waals surface area contributed by atoms with Crippen molar-refractivity contribution in [1.29, 1.82) is 0 Å². The van der Waals surface area contributed by atoms with Gasteiger partial charge in [0.05, 0.1) is 12.0 Å². The summed E-state index contributed by atoms with van der Waals surface area (Å²) in [5.74, 6) is -0.832. The number of carbonyl (C=O) groups excluding carboxylic acids is 2. The van der Waals surface area contributed by atoms with Gasteiger partial charge in [-0.05, 0) is 12.1 Å². The number of aromatic nitrogens is 1. The maximum atomic E-state index is 11.8. The zero-order valence-electron chi connectivity index (χ0n) is 8.79. The van der Waals surface area contributed by atoms with E-state index in [2.05, 4.69) is 4.98 Å². The molecule has 0 aliphatic heterocycles. The van der Waals surface area contributed by atoms with Gasteiger partial charge in [0.2, 0.25) is 0 Å². The molecular weight excluding hydrogens is 238 g/mol. The summed E-state index contributed by atoms with van der Waals surface area (Å²) >= 11 is 1.20. The number of hydrogen-bond acceptors (Lipinski definition) is 5. The van der Waals surface area contributed by atoms with E-state index in [1.54, 1.807) is 17.5 Å². The van der Waals surface area contributed by atoms with E-state index >= 15 is 0 Å². The molecule has 2 aromatic rings. The van der Waals surface area contributed by atoms with Crippen LogP contribution in [0.3, 0.4) is 0 Å². The lowest BCUT2D eigenvalue weighted by Crippen LogP contribution is -2.08. The molecule has 0 radical (unpaired) electrons. The van der Waals surface area contributed by atoms with Gasteiger partial charge in [-0.2, -0.15) is 0 Å². The topological polar surface area (TPSA) is 67.3 Å². The molecule has 1 aromatic heterocycles. The van der Waals surface area contributed by atoms with Crippen LogP contribution in [-0.2, 0) is 0 Å². The van der Waals surface area contributed by atoms with E-state index in [0.29, 0.717) is 5.01 Å². The van der Waals surface area contributed by atoms with Gasteiger partial charge in [0.25, 0.3) is 0 Å². The van der Waals surface area contributed by atoms with Crippen molar-refractivity contribution in [3.8, 4) is 5.75 Å². The van der Waals surface area contributed by atoms with Crippen molar-refractivity contribution >= 4 is 22.9 Å². The molecule has 0 aliphatic carbocycles. The summed E-state index contributed by atoms with van der Waals surface area (Å²) in [5, 5.41) is 11.5. The van der Waals surface area contributed by atoms with E-state index in [9.17, 15) is 14.7 Å². The summed E-state index contributed by atoms with van der Waals surface area (Å²) in [6, 6.07) is 6.17. The molecule has 5 heteroatoms. The smallest absolute Gasteiger partial charge is 0.199 e. The third kappa shape index (κ3) is 2.57. The average molecular weight is 247 g/mol. The Morgan fingerprint density at radius 3 is 2.65 bits per heavy atom. The van der Waals surface area contributed by atoms with Gasteiger partial charge in [-0.1, -0.05) is 12.1 Å². The Balaban J connectivity index is 2.13. The molecule has 0 aliphatic rings. The molecule has 0 fully saturated rings. The Hall–Kier alpha value is -2.01. The lowest BCUT2D eigenvalue weighted by Gasteiger charge is -2.01. The van der Waals surface area contributed by atoms with Gasteiger partial charge in [0.15, 0.2) is 16.6 Å². The summed E-state index contributed by atoms with van der Waals surface area (Å²) in [7, 11) is 0. The minimum absolute atomic E-state index is 0.107. The molecular formula is C12H9NO3S. The van der Waals surface area contributed by atoms with E-state index in [4.69, 9.17) is 0 Å². The molecule has 0 bridgehead atoms. The van der Waals surface area contributed by atoms with Crippen LogP contribution in [0.1, 0.15) is 26.6 Å². The first-order chi connectivity index (χ1) is 8.18. The highest BCUT2D eigenvalue weighted by Crippen LogP contribution is 2.18. The highest BCUT2D eigenvalue weighted by molar-refractivity contribution is 7.11. The van der Waals surface area contributed by atoms with Crippen LogP contribution in [0.25, 0.3) is 0 Å². The molecule has 0 saturated heterocycles. The quantitative estimate of drug-likeness (QED) is 0.665. The number of benzene rings is 1. The first kappa shape index (κ1) is 11.5. The van der Waals surface area contributed by atoms with E-state index in [1.807, 2.05) is 0 Å². The van der Waals surface area contributed by atoms with E-state index in [-0.39, 0.29) is 23.5 Å². The summed E-state index contributed by atoms with van der Waals surface area (Å²) in [6.45, 7) is 0. The fourth-order valence-electron chi connectivity index (χ4n) is 1.39. The molecule has 4 nitrogen and oxygen atoms in total. The first-order valence-corrected chi connectivity index (χ1v) is 5.80. The summed E-state index contributed by atoms with van der Waals surface area (Å²) in [5.41, 5.74) is 0.164. The van der Waals surface area contributed by atoms with Crippen molar-refractivity contribution in [3.63, 3.8) is 0 Å². The molecule has 0 amide bonds. The first-order valence-electron chi connectivity index (χ1n) is 4.92. The fraction of sp³-hybridized carbons (Fsp3) is 0.0833. The van der Waals surface area contributed by atoms with Gasteiger partial charge in [0, 0.05) is 11.6 Å². The molecule has 17 heavy (non-hydrogen) atoms. The number of thiazole rings is 1. The maximum Gasteiger partial charge on any atom is 0.199 e. The zero-order valence-corrected chi connectivity index (χ0v) is 9.61. The highest BCUT2D eigenvalue weighted by Gasteiger charge is 2.17. The Kier molecular flexibility index (Phi) is 3.30. The van der Waals surface area contributed by atoms with Gasteiger partial charge < -0.3 is 5.11 Å². The van der Waals surface area contributed by atoms with Gasteiger partial charge in [0.1, 0.15) is 5.75 Å². The van der Waals surface area contributed by atoms with Gasteiger partial charge >= 0.3 is 0 Å².